The van der Waals surface area contributed by atoms with Gasteiger partial charge in [0.05, 0.1) is 6.61 Å². The van der Waals surface area contributed by atoms with E-state index < -0.39 is 28.6 Å². The van der Waals surface area contributed by atoms with Gasteiger partial charge >= 0.3 is 0 Å². The maximum absolute atomic E-state index is 11.8. The van der Waals surface area contributed by atoms with Gasteiger partial charge < -0.3 is 5.11 Å². The number of aliphatic hydroxyl groups excluding tert-OH is 1. The first kappa shape index (κ1) is 8.80. The van der Waals surface area contributed by atoms with Crippen LogP contribution in [0.2, 0.25) is 0 Å². The third-order valence-corrected chi connectivity index (χ3v) is 1.37. The second-order valence-electron chi connectivity index (χ2n) is 1.53. The summed E-state index contributed by atoms with van der Waals surface area (Å²) in [5.74, 6) is -1.04. The molecule has 0 aromatic heterocycles. The maximum Gasteiger partial charge on any atom is 0.267 e. The van der Waals surface area contributed by atoms with Crippen molar-refractivity contribution in [2.75, 3.05) is 12.4 Å². The Bertz CT molecular complexity index is 163. The van der Waals surface area contributed by atoms with E-state index in [1.165, 1.54) is 0 Å². The van der Waals surface area contributed by atoms with Crippen molar-refractivity contribution in [1.29, 1.82) is 0 Å². The fraction of sp³-hybridized carbons (Fsp3) is 1.00. The topological polar surface area (TPSA) is 74.6 Å². The Kier molecular flexibility index (Phi) is 3.02. The molecule has 56 valence electrons. The Labute approximate surface area is 52.1 Å². The van der Waals surface area contributed by atoms with E-state index in [9.17, 15) is 12.8 Å². The molecule has 0 radical (unpaired) electrons. The van der Waals surface area contributed by atoms with Crippen LogP contribution in [0.15, 0.2) is 0 Å². The van der Waals surface area contributed by atoms with Crippen LogP contribution < -0.4 is 0 Å². The predicted octanol–water partition coefficient (Wildman–Crippen LogP) is -0.795. The van der Waals surface area contributed by atoms with Gasteiger partial charge in [0.25, 0.3) is 10.1 Å². The van der Waals surface area contributed by atoms with Crippen LogP contribution in [-0.4, -0.2) is 36.6 Å². The summed E-state index contributed by atoms with van der Waals surface area (Å²) in [5.41, 5.74) is 0. The number of rotatable bonds is 3. The van der Waals surface area contributed by atoms with E-state index in [1.807, 2.05) is 0 Å². The molecule has 0 aliphatic carbocycles. The highest BCUT2D eigenvalue weighted by molar-refractivity contribution is 7.85. The molecule has 0 spiro atoms. The minimum Gasteiger partial charge on any atom is -0.393 e. The van der Waals surface area contributed by atoms with Crippen molar-refractivity contribution >= 4 is 10.1 Å². The molecule has 0 saturated carbocycles. The van der Waals surface area contributed by atoms with Gasteiger partial charge in [-0.1, -0.05) is 0 Å². The third kappa shape index (κ3) is 5.67. The van der Waals surface area contributed by atoms with E-state index in [2.05, 4.69) is 0 Å². The standard InChI is InChI=1S/C3H7FO4S/c4-3(1-5)2-9(6,7)8/h3,5H,1-2H2,(H,6,7,8). The van der Waals surface area contributed by atoms with E-state index in [-0.39, 0.29) is 0 Å². The van der Waals surface area contributed by atoms with Crippen LogP contribution in [0.1, 0.15) is 0 Å². The Morgan fingerprint density at radius 2 is 2.00 bits per heavy atom. The number of aliphatic hydroxyl groups is 1. The fourth-order valence-corrected chi connectivity index (χ4v) is 0.844. The number of halogens is 1. The molecule has 1 unspecified atom stereocenters. The second-order valence-corrected chi connectivity index (χ2v) is 3.03. The van der Waals surface area contributed by atoms with Crippen molar-refractivity contribution in [3.05, 3.63) is 0 Å². The Balaban J connectivity index is 3.75. The molecule has 0 bridgehead atoms. The van der Waals surface area contributed by atoms with Gasteiger partial charge in [-0.2, -0.15) is 8.42 Å². The Hall–Kier alpha value is -0.200. The summed E-state index contributed by atoms with van der Waals surface area (Å²) in [6.45, 7) is -0.889. The lowest BCUT2D eigenvalue weighted by Gasteiger charge is -1.98. The molecular weight excluding hydrogens is 151 g/mol. The summed E-state index contributed by atoms with van der Waals surface area (Å²) in [7, 11) is -4.27. The first-order valence-electron chi connectivity index (χ1n) is 2.16. The maximum atomic E-state index is 11.8. The Morgan fingerprint density at radius 3 is 2.11 bits per heavy atom. The highest BCUT2D eigenvalue weighted by Gasteiger charge is 2.13. The third-order valence-electron chi connectivity index (χ3n) is 0.590. The molecule has 9 heavy (non-hydrogen) atoms. The lowest BCUT2D eigenvalue weighted by atomic mass is 10.5. The molecule has 2 N–H and O–H groups in total. The normalized spacial score (nSPS) is 15.4. The molecule has 0 aliphatic rings. The zero-order chi connectivity index (χ0) is 7.49. The van der Waals surface area contributed by atoms with Crippen LogP contribution in [0.4, 0.5) is 4.39 Å². The van der Waals surface area contributed by atoms with Gasteiger partial charge in [0, 0.05) is 0 Å². The summed E-state index contributed by atoms with van der Waals surface area (Å²) in [6.07, 6.45) is -1.89. The van der Waals surface area contributed by atoms with Crippen LogP contribution in [-0.2, 0) is 10.1 Å². The first-order valence-corrected chi connectivity index (χ1v) is 3.76. The quantitative estimate of drug-likeness (QED) is 0.527. The van der Waals surface area contributed by atoms with Gasteiger partial charge in [-0.05, 0) is 0 Å². The number of hydrogen-bond donors (Lipinski definition) is 2. The van der Waals surface area contributed by atoms with Gasteiger partial charge in [-0.25, -0.2) is 4.39 Å². The SMILES string of the molecule is O=S(=O)(O)CC(F)CO. The molecule has 0 saturated heterocycles. The van der Waals surface area contributed by atoms with Gasteiger partial charge in [0.15, 0.2) is 0 Å². The summed E-state index contributed by atoms with van der Waals surface area (Å²) >= 11 is 0. The smallest absolute Gasteiger partial charge is 0.267 e. The van der Waals surface area contributed by atoms with Crippen LogP contribution in [0, 0.1) is 0 Å². The van der Waals surface area contributed by atoms with Crippen LogP contribution in [0.3, 0.4) is 0 Å². The molecule has 0 aromatic carbocycles. The van der Waals surface area contributed by atoms with Crippen LogP contribution in [0.25, 0.3) is 0 Å². The molecule has 1 atom stereocenters. The van der Waals surface area contributed by atoms with Crippen molar-refractivity contribution in [2.45, 2.75) is 6.17 Å². The van der Waals surface area contributed by atoms with E-state index in [0.29, 0.717) is 0 Å². The second kappa shape index (κ2) is 3.09. The zero-order valence-corrected chi connectivity index (χ0v) is 5.31. The molecule has 0 aliphatic heterocycles. The lowest BCUT2D eigenvalue weighted by molar-refractivity contribution is 0.191. The van der Waals surface area contributed by atoms with E-state index in [4.69, 9.17) is 9.66 Å². The van der Waals surface area contributed by atoms with E-state index in [1.54, 1.807) is 0 Å². The van der Waals surface area contributed by atoms with E-state index in [0.717, 1.165) is 0 Å². The molecule has 6 heteroatoms. The van der Waals surface area contributed by atoms with Crippen molar-refractivity contribution in [3.8, 4) is 0 Å². The van der Waals surface area contributed by atoms with E-state index >= 15 is 0 Å². The number of hydrogen-bond acceptors (Lipinski definition) is 3. The zero-order valence-electron chi connectivity index (χ0n) is 4.49. The summed E-state index contributed by atoms with van der Waals surface area (Å²) in [4.78, 5) is 0. The fourth-order valence-electron chi connectivity index (χ4n) is 0.281. The van der Waals surface area contributed by atoms with Gasteiger partial charge in [0.1, 0.15) is 11.9 Å². The molecule has 4 nitrogen and oxygen atoms in total. The van der Waals surface area contributed by atoms with Crippen molar-refractivity contribution in [2.24, 2.45) is 0 Å². The molecule has 0 rings (SSSR count). The highest BCUT2D eigenvalue weighted by Crippen LogP contribution is 1.93. The van der Waals surface area contributed by atoms with Crippen molar-refractivity contribution in [3.63, 3.8) is 0 Å². The molecule has 0 heterocycles. The summed E-state index contributed by atoms with van der Waals surface area (Å²) in [5, 5.41) is 7.95. The van der Waals surface area contributed by atoms with Crippen LogP contribution in [0.5, 0.6) is 0 Å². The molecule has 0 fully saturated rings. The molecule has 0 aromatic rings. The monoisotopic (exact) mass is 158 g/mol. The predicted molar refractivity (Wildman–Crippen MR) is 28.4 cm³/mol. The molecular formula is C3H7FO4S. The lowest BCUT2D eigenvalue weighted by Crippen LogP contribution is -2.19. The Morgan fingerprint density at radius 1 is 1.56 bits per heavy atom. The van der Waals surface area contributed by atoms with Crippen molar-refractivity contribution < 1.29 is 22.5 Å². The molecule has 0 amide bonds. The van der Waals surface area contributed by atoms with Gasteiger partial charge in [-0.15, -0.1) is 0 Å². The van der Waals surface area contributed by atoms with Crippen LogP contribution >= 0.6 is 0 Å². The van der Waals surface area contributed by atoms with Gasteiger partial charge in [0.2, 0.25) is 0 Å². The summed E-state index contributed by atoms with van der Waals surface area (Å²) < 4.78 is 39.4. The number of alkyl halides is 1. The van der Waals surface area contributed by atoms with Gasteiger partial charge in [-0.3, -0.25) is 4.55 Å². The minimum atomic E-state index is -4.27. The first-order chi connectivity index (χ1) is 3.95. The van der Waals surface area contributed by atoms with Crippen molar-refractivity contribution in [1.82, 2.24) is 0 Å². The highest BCUT2D eigenvalue weighted by atomic mass is 32.2. The minimum absolute atomic E-state index is 0.889. The average Bonchev–Trinajstić information content (AvgIpc) is 1.62. The average molecular weight is 158 g/mol. The largest absolute Gasteiger partial charge is 0.393 e. The summed E-state index contributed by atoms with van der Waals surface area (Å²) in [6, 6.07) is 0.